The molecule has 0 N–H and O–H groups in total. The van der Waals surface area contributed by atoms with Crippen LogP contribution in [0.15, 0.2) is 11.6 Å². The van der Waals surface area contributed by atoms with E-state index in [2.05, 4.69) is 49.7 Å². The minimum atomic E-state index is 0.0261. The van der Waals surface area contributed by atoms with E-state index in [1.54, 1.807) is 17.3 Å². The van der Waals surface area contributed by atoms with Gasteiger partial charge in [0.25, 0.3) is 0 Å². The predicted molar refractivity (Wildman–Crippen MR) is 153 cm³/mol. The van der Waals surface area contributed by atoms with Gasteiger partial charge in [0.05, 0.1) is 4.83 Å². The highest BCUT2D eigenvalue weighted by Crippen LogP contribution is 2.67. The Hall–Kier alpha value is 0.240. The van der Waals surface area contributed by atoms with E-state index < -0.39 is 0 Å². The van der Waals surface area contributed by atoms with E-state index in [9.17, 15) is 4.79 Å². The average molecular weight is 552 g/mol. The van der Waals surface area contributed by atoms with Crippen LogP contribution in [0.5, 0.6) is 0 Å². The van der Waals surface area contributed by atoms with Crippen LogP contribution in [-0.2, 0) is 4.79 Å². The molecule has 194 valence electrons. The van der Waals surface area contributed by atoms with E-state index in [1.807, 2.05) is 0 Å². The monoisotopic (exact) mass is 550 g/mol. The van der Waals surface area contributed by atoms with Gasteiger partial charge in [0, 0.05) is 5.25 Å². The molecule has 3 saturated carbocycles. The van der Waals surface area contributed by atoms with Crippen LogP contribution in [0.1, 0.15) is 130 Å². The first-order valence-electron chi connectivity index (χ1n) is 14.9. The molecule has 4 rings (SSSR count). The molecular weight excluding hydrogens is 500 g/mol. The number of allylic oxidation sites excluding steroid dienone is 2. The first-order chi connectivity index (χ1) is 16.3. The standard InChI is InChI=1S/C31H51BrOS/c1-5-7-8-9-10-11-12-22-14-16-26-25-15-13-23-21-24(34-29(33)28(32)6-2)17-19-31(23,4)27(25)18-20-30(22,26)3/h13,22,24-28H,5-12,14-21H2,1-4H3/t22?,24-,25?,26?,27?,28?,30+,31-/m0/s1. The lowest BCUT2D eigenvalue weighted by atomic mass is 9.47. The molecule has 0 spiro atoms. The van der Waals surface area contributed by atoms with E-state index in [0.29, 0.717) is 21.2 Å². The summed E-state index contributed by atoms with van der Waals surface area (Å²) in [6, 6.07) is 0. The number of thioether (sulfide) groups is 1. The zero-order chi connectivity index (χ0) is 24.3. The van der Waals surface area contributed by atoms with E-state index in [-0.39, 0.29) is 4.83 Å². The van der Waals surface area contributed by atoms with E-state index in [4.69, 9.17) is 0 Å². The molecule has 0 heterocycles. The number of hydrogen-bond acceptors (Lipinski definition) is 2. The maximum absolute atomic E-state index is 12.5. The molecule has 0 aromatic rings. The van der Waals surface area contributed by atoms with Crippen LogP contribution in [0.3, 0.4) is 0 Å². The SMILES string of the molecule is CCCCCCCCC1CCC2C3CC=C4C[C@@H](SC(=O)C(Br)CC)CC[C@]4(C)C3CC[C@]12C. The zero-order valence-electron chi connectivity index (χ0n) is 22.5. The summed E-state index contributed by atoms with van der Waals surface area (Å²) >= 11 is 5.21. The Kier molecular flexibility index (Phi) is 9.42. The van der Waals surface area contributed by atoms with Gasteiger partial charge in [-0.2, -0.15) is 0 Å². The van der Waals surface area contributed by atoms with Gasteiger partial charge in [-0.3, -0.25) is 4.79 Å². The molecule has 0 saturated heterocycles. The summed E-state index contributed by atoms with van der Waals surface area (Å²) in [6.45, 7) is 9.73. The van der Waals surface area contributed by atoms with Crippen LogP contribution >= 0.6 is 27.7 Å². The minimum absolute atomic E-state index is 0.0261. The van der Waals surface area contributed by atoms with Crippen molar-refractivity contribution in [3.8, 4) is 0 Å². The number of fused-ring (bicyclic) bond motifs is 5. The van der Waals surface area contributed by atoms with Gasteiger partial charge >= 0.3 is 0 Å². The fraction of sp³-hybridized carbons (Fsp3) is 0.903. The first-order valence-corrected chi connectivity index (χ1v) is 16.7. The molecule has 3 heteroatoms. The predicted octanol–water partition coefficient (Wildman–Crippen LogP) is 10.1. The highest BCUT2D eigenvalue weighted by Gasteiger charge is 2.58. The first kappa shape index (κ1) is 27.3. The number of carbonyl (C=O) groups is 1. The van der Waals surface area contributed by atoms with Gasteiger partial charge in [-0.1, -0.05) is 106 Å². The number of hydrogen-bond donors (Lipinski definition) is 0. The van der Waals surface area contributed by atoms with Gasteiger partial charge in [0.15, 0.2) is 0 Å². The van der Waals surface area contributed by atoms with Crippen molar-refractivity contribution in [2.45, 2.75) is 141 Å². The summed E-state index contributed by atoms with van der Waals surface area (Å²) in [4.78, 5) is 12.6. The minimum Gasteiger partial charge on any atom is -0.286 e. The van der Waals surface area contributed by atoms with Crippen molar-refractivity contribution >= 4 is 32.8 Å². The Morgan fingerprint density at radius 3 is 2.56 bits per heavy atom. The van der Waals surface area contributed by atoms with E-state index >= 15 is 0 Å². The van der Waals surface area contributed by atoms with Crippen LogP contribution in [0, 0.1) is 34.5 Å². The van der Waals surface area contributed by atoms with Crippen LogP contribution in [0.2, 0.25) is 0 Å². The van der Waals surface area contributed by atoms with Gasteiger partial charge in [-0.15, -0.1) is 0 Å². The van der Waals surface area contributed by atoms with Crippen molar-refractivity contribution in [1.29, 1.82) is 0 Å². The van der Waals surface area contributed by atoms with Crippen LogP contribution in [0.25, 0.3) is 0 Å². The number of rotatable bonds is 10. The van der Waals surface area contributed by atoms with Crippen molar-refractivity contribution in [2.75, 3.05) is 0 Å². The summed E-state index contributed by atoms with van der Waals surface area (Å²) in [5, 5.41) is 0.846. The van der Waals surface area contributed by atoms with Crippen molar-refractivity contribution in [2.24, 2.45) is 34.5 Å². The molecule has 0 bridgehead atoms. The molecule has 0 aliphatic heterocycles. The highest BCUT2D eigenvalue weighted by molar-refractivity contribution is 9.10. The van der Waals surface area contributed by atoms with Gasteiger partial charge in [-0.05, 0) is 98.7 Å². The molecule has 8 atom stereocenters. The maximum atomic E-state index is 12.5. The molecule has 3 fully saturated rings. The molecule has 4 aliphatic rings. The van der Waals surface area contributed by atoms with Crippen molar-refractivity contribution < 1.29 is 4.79 Å². The summed E-state index contributed by atoms with van der Waals surface area (Å²) in [5.41, 5.74) is 2.73. The third-order valence-corrected chi connectivity index (χ3v) is 13.7. The van der Waals surface area contributed by atoms with Crippen molar-refractivity contribution in [3.05, 3.63) is 11.6 Å². The lowest BCUT2D eigenvalue weighted by molar-refractivity contribution is -0.110. The second-order valence-electron chi connectivity index (χ2n) is 12.8. The maximum Gasteiger partial charge on any atom is 0.202 e. The fourth-order valence-corrected chi connectivity index (χ4v) is 10.4. The second kappa shape index (κ2) is 11.7. The second-order valence-corrected chi connectivity index (χ2v) is 15.2. The fourth-order valence-electron chi connectivity index (χ4n) is 8.89. The van der Waals surface area contributed by atoms with E-state index in [0.717, 1.165) is 36.5 Å². The Labute approximate surface area is 223 Å². The largest absolute Gasteiger partial charge is 0.286 e. The molecule has 0 aromatic heterocycles. The number of unbranched alkanes of at least 4 members (excludes halogenated alkanes) is 5. The Balaban J connectivity index is 1.37. The Bertz CT molecular complexity index is 733. The molecule has 4 aliphatic carbocycles. The lowest BCUT2D eigenvalue weighted by Gasteiger charge is -2.58. The van der Waals surface area contributed by atoms with Gasteiger partial charge in [0.2, 0.25) is 5.12 Å². The smallest absolute Gasteiger partial charge is 0.202 e. The van der Waals surface area contributed by atoms with Gasteiger partial charge in [-0.25, -0.2) is 0 Å². The molecule has 0 aromatic carbocycles. The number of carbonyl (C=O) groups excluding carboxylic acids is 1. The Morgan fingerprint density at radius 2 is 1.79 bits per heavy atom. The molecule has 0 radical (unpaired) electrons. The van der Waals surface area contributed by atoms with Crippen molar-refractivity contribution in [3.63, 3.8) is 0 Å². The highest BCUT2D eigenvalue weighted by atomic mass is 79.9. The van der Waals surface area contributed by atoms with Crippen LogP contribution < -0.4 is 0 Å². The number of alkyl halides is 1. The van der Waals surface area contributed by atoms with Crippen molar-refractivity contribution in [1.82, 2.24) is 0 Å². The lowest BCUT2D eigenvalue weighted by Crippen LogP contribution is -2.50. The third kappa shape index (κ3) is 5.41. The van der Waals surface area contributed by atoms with Gasteiger partial charge in [0.1, 0.15) is 0 Å². The molecule has 34 heavy (non-hydrogen) atoms. The molecule has 1 nitrogen and oxygen atoms in total. The topological polar surface area (TPSA) is 17.1 Å². The normalized spacial score (nSPS) is 40.1. The average Bonchev–Trinajstić information content (AvgIpc) is 3.17. The molecule has 0 amide bonds. The summed E-state index contributed by atoms with van der Waals surface area (Å²) in [6.07, 6.45) is 24.6. The van der Waals surface area contributed by atoms with E-state index in [1.165, 1.54) is 89.9 Å². The summed E-state index contributed by atoms with van der Waals surface area (Å²) < 4.78 is 0. The molecule has 5 unspecified atom stereocenters. The third-order valence-electron chi connectivity index (χ3n) is 11.1. The van der Waals surface area contributed by atoms with Crippen LogP contribution in [0.4, 0.5) is 0 Å². The van der Waals surface area contributed by atoms with Gasteiger partial charge < -0.3 is 0 Å². The van der Waals surface area contributed by atoms with Crippen LogP contribution in [-0.4, -0.2) is 15.2 Å². The summed E-state index contributed by atoms with van der Waals surface area (Å²) in [5.74, 6) is 3.74. The molecular formula is C31H51BrOS. The summed E-state index contributed by atoms with van der Waals surface area (Å²) in [7, 11) is 0. The number of halogens is 1. The Morgan fingerprint density at radius 1 is 1.03 bits per heavy atom. The quantitative estimate of drug-likeness (QED) is 0.153. The zero-order valence-corrected chi connectivity index (χ0v) is 25.0.